The number of rotatable bonds is 5. The Kier molecular flexibility index (Phi) is 4.02. The molecule has 3 N–H and O–H groups in total. The first-order valence-electron chi connectivity index (χ1n) is 4.39. The molecule has 0 atom stereocenters. The Hall–Kier alpha value is -2.37. The number of carboxylic acids is 1. The van der Waals surface area contributed by atoms with Gasteiger partial charge in [-0.2, -0.15) is 5.10 Å². The summed E-state index contributed by atoms with van der Waals surface area (Å²) in [5.74, 6) is -0.854. The molecule has 1 aromatic rings. The molecule has 0 bridgehead atoms. The van der Waals surface area contributed by atoms with E-state index in [2.05, 4.69) is 10.5 Å². The average molecular weight is 221 g/mol. The highest BCUT2D eigenvalue weighted by Gasteiger charge is 2.15. The number of nitrogens with zero attached hydrogens (tertiary/aromatic N) is 1. The molecule has 0 fully saturated rings. The summed E-state index contributed by atoms with van der Waals surface area (Å²) in [4.78, 5) is 11.0. The van der Waals surface area contributed by atoms with E-state index < -0.39 is 5.97 Å². The lowest BCUT2D eigenvalue weighted by atomic mass is 10.1. The molecule has 0 radical (unpaired) electrons. The van der Waals surface area contributed by atoms with Gasteiger partial charge in [-0.15, -0.1) is 0 Å². The Morgan fingerprint density at radius 1 is 1.62 bits per heavy atom. The van der Waals surface area contributed by atoms with Crippen LogP contribution in [-0.4, -0.2) is 30.6 Å². The smallest absolute Gasteiger partial charge is 0.341 e. The number of anilines is 1. The Labute approximate surface area is 92.1 Å². The van der Waals surface area contributed by atoms with Crippen LogP contribution in [0.15, 0.2) is 23.3 Å². The molecule has 0 aliphatic heterocycles. The van der Waals surface area contributed by atoms with E-state index in [0.717, 1.165) is 6.21 Å². The number of ether oxygens (including phenoxy) is 1. The summed E-state index contributed by atoms with van der Waals surface area (Å²) >= 11 is 0. The first-order valence-corrected chi connectivity index (χ1v) is 4.39. The van der Waals surface area contributed by atoms with E-state index in [9.17, 15) is 4.79 Å². The van der Waals surface area contributed by atoms with Crippen LogP contribution in [0, 0.1) is 5.41 Å². The van der Waals surface area contributed by atoms with E-state index in [1.807, 2.05) is 0 Å². The molecule has 1 rings (SSSR count). The lowest BCUT2D eigenvalue weighted by molar-refractivity contribution is 0.0694. The molecule has 16 heavy (non-hydrogen) atoms. The summed E-state index contributed by atoms with van der Waals surface area (Å²) < 4.78 is 4.94. The number of hydrazone groups is 1. The third kappa shape index (κ3) is 2.57. The first-order chi connectivity index (χ1) is 7.70. The van der Waals surface area contributed by atoms with E-state index in [0.29, 0.717) is 5.69 Å². The number of nitrogens with one attached hydrogen (secondary N) is 2. The molecule has 0 heterocycles. The van der Waals surface area contributed by atoms with E-state index >= 15 is 0 Å². The van der Waals surface area contributed by atoms with Gasteiger partial charge in [-0.1, -0.05) is 6.07 Å². The summed E-state index contributed by atoms with van der Waals surface area (Å²) in [6.07, 6.45) is 2.18. The van der Waals surface area contributed by atoms with Crippen molar-refractivity contribution in [2.75, 3.05) is 12.5 Å². The summed E-state index contributed by atoms with van der Waals surface area (Å²) in [5.41, 5.74) is 2.84. The van der Waals surface area contributed by atoms with Crippen LogP contribution in [0.5, 0.6) is 5.75 Å². The van der Waals surface area contributed by atoms with Gasteiger partial charge in [-0.05, 0) is 12.1 Å². The topological polar surface area (TPSA) is 94.8 Å². The van der Waals surface area contributed by atoms with Crippen LogP contribution >= 0.6 is 0 Å². The molecule has 6 heteroatoms. The van der Waals surface area contributed by atoms with Crippen LogP contribution in [-0.2, 0) is 0 Å². The number of carbonyl (C=O) groups is 1. The molecular weight excluding hydrogens is 210 g/mol. The fourth-order valence-corrected chi connectivity index (χ4v) is 1.16. The zero-order chi connectivity index (χ0) is 12.0. The van der Waals surface area contributed by atoms with Gasteiger partial charge in [0, 0.05) is 6.21 Å². The number of aromatic carboxylic acids is 1. The van der Waals surface area contributed by atoms with Crippen LogP contribution in [0.2, 0.25) is 0 Å². The predicted octanol–water partition coefficient (Wildman–Crippen LogP) is 1.44. The van der Waals surface area contributed by atoms with Crippen molar-refractivity contribution in [3.63, 3.8) is 0 Å². The number of benzene rings is 1. The van der Waals surface area contributed by atoms with Gasteiger partial charge < -0.3 is 15.3 Å². The Morgan fingerprint density at radius 2 is 2.38 bits per heavy atom. The van der Waals surface area contributed by atoms with Crippen LogP contribution in [0.25, 0.3) is 0 Å². The standard InChI is InChI=1S/C10H11N3O3/c1-16-8-4-2-3-7(9(8)10(14)15)13-12-6-5-11/h2-6,11,13H,1H3,(H,14,15)/b11-5?,12-6-. The van der Waals surface area contributed by atoms with Gasteiger partial charge in [0.2, 0.25) is 0 Å². The highest BCUT2D eigenvalue weighted by molar-refractivity contribution is 6.14. The van der Waals surface area contributed by atoms with Crippen molar-refractivity contribution in [3.05, 3.63) is 23.8 Å². The maximum Gasteiger partial charge on any atom is 0.341 e. The summed E-state index contributed by atoms with van der Waals surface area (Å²) in [7, 11) is 1.40. The molecule has 0 saturated heterocycles. The number of hydrogen-bond acceptors (Lipinski definition) is 5. The van der Waals surface area contributed by atoms with Gasteiger partial charge in [0.1, 0.15) is 11.3 Å². The molecule has 0 aliphatic rings. The Morgan fingerprint density at radius 3 is 2.94 bits per heavy atom. The Bertz CT molecular complexity index is 429. The quantitative estimate of drug-likeness (QED) is 0.518. The first kappa shape index (κ1) is 11.7. The minimum atomic E-state index is -1.11. The molecule has 0 aliphatic carbocycles. The van der Waals surface area contributed by atoms with Crippen LogP contribution in [0.4, 0.5) is 5.69 Å². The highest BCUT2D eigenvalue weighted by atomic mass is 16.5. The van der Waals surface area contributed by atoms with Gasteiger partial charge in [-0.3, -0.25) is 5.43 Å². The largest absolute Gasteiger partial charge is 0.496 e. The van der Waals surface area contributed by atoms with Crippen molar-refractivity contribution in [3.8, 4) is 5.75 Å². The van der Waals surface area contributed by atoms with Crippen LogP contribution < -0.4 is 10.2 Å². The monoisotopic (exact) mass is 221 g/mol. The van der Waals surface area contributed by atoms with Gasteiger partial charge in [-0.25, -0.2) is 4.79 Å². The average Bonchev–Trinajstić information content (AvgIpc) is 2.28. The van der Waals surface area contributed by atoms with Crippen molar-refractivity contribution in [1.82, 2.24) is 0 Å². The number of methoxy groups -OCH3 is 1. The molecule has 84 valence electrons. The zero-order valence-electron chi connectivity index (χ0n) is 8.60. The van der Waals surface area contributed by atoms with Gasteiger partial charge in [0.15, 0.2) is 0 Å². The third-order valence-corrected chi connectivity index (χ3v) is 1.79. The second kappa shape index (κ2) is 5.50. The lowest BCUT2D eigenvalue weighted by Gasteiger charge is -2.09. The van der Waals surface area contributed by atoms with Crippen molar-refractivity contribution in [2.24, 2.45) is 5.10 Å². The summed E-state index contributed by atoms with van der Waals surface area (Å²) in [6, 6.07) is 4.76. The van der Waals surface area contributed by atoms with Gasteiger partial charge >= 0.3 is 5.97 Å². The normalized spacial score (nSPS) is 10.1. The molecule has 1 aromatic carbocycles. The van der Waals surface area contributed by atoms with Crippen molar-refractivity contribution < 1.29 is 14.6 Å². The molecular formula is C10H11N3O3. The number of carboxylic acid groups (broad SMARTS) is 1. The number of hydrogen-bond donors (Lipinski definition) is 3. The zero-order valence-corrected chi connectivity index (χ0v) is 8.60. The molecule has 0 amide bonds. The minimum absolute atomic E-state index is 0.00660. The molecule has 0 saturated carbocycles. The summed E-state index contributed by atoms with van der Waals surface area (Å²) in [5, 5.41) is 19.4. The lowest BCUT2D eigenvalue weighted by Crippen LogP contribution is -2.05. The highest BCUT2D eigenvalue weighted by Crippen LogP contribution is 2.26. The second-order valence-electron chi connectivity index (χ2n) is 2.74. The van der Waals surface area contributed by atoms with E-state index in [-0.39, 0.29) is 11.3 Å². The van der Waals surface area contributed by atoms with Crippen LogP contribution in [0.1, 0.15) is 10.4 Å². The van der Waals surface area contributed by atoms with Gasteiger partial charge in [0.25, 0.3) is 0 Å². The van der Waals surface area contributed by atoms with E-state index in [4.69, 9.17) is 15.3 Å². The predicted molar refractivity (Wildman–Crippen MR) is 60.9 cm³/mol. The van der Waals surface area contributed by atoms with E-state index in [1.165, 1.54) is 13.3 Å². The third-order valence-electron chi connectivity index (χ3n) is 1.79. The Balaban J connectivity index is 3.11. The molecule has 6 nitrogen and oxygen atoms in total. The van der Waals surface area contributed by atoms with E-state index in [1.54, 1.807) is 18.2 Å². The fourth-order valence-electron chi connectivity index (χ4n) is 1.16. The molecule has 0 spiro atoms. The minimum Gasteiger partial charge on any atom is -0.496 e. The van der Waals surface area contributed by atoms with Gasteiger partial charge in [0.05, 0.1) is 19.0 Å². The SMILES string of the molecule is COc1cccc(N/N=C\C=N)c1C(=O)O. The maximum atomic E-state index is 11.0. The molecule has 0 aromatic heterocycles. The van der Waals surface area contributed by atoms with Crippen molar-refractivity contribution >= 4 is 24.1 Å². The fraction of sp³-hybridized carbons (Fsp3) is 0.100. The van der Waals surface area contributed by atoms with Crippen molar-refractivity contribution in [1.29, 1.82) is 5.41 Å². The molecule has 0 unspecified atom stereocenters. The summed E-state index contributed by atoms with van der Waals surface area (Å²) in [6.45, 7) is 0. The van der Waals surface area contributed by atoms with Crippen LogP contribution in [0.3, 0.4) is 0 Å². The van der Waals surface area contributed by atoms with Crippen molar-refractivity contribution in [2.45, 2.75) is 0 Å². The maximum absolute atomic E-state index is 11.0. The second-order valence-corrected chi connectivity index (χ2v) is 2.74.